The molecule has 0 aliphatic rings. The molecule has 0 unspecified atom stereocenters. The summed E-state index contributed by atoms with van der Waals surface area (Å²) in [7, 11) is 3.18. The van der Waals surface area contributed by atoms with Gasteiger partial charge in [-0.2, -0.15) is 0 Å². The number of carbonyl (C=O) groups is 1. The third-order valence-electron chi connectivity index (χ3n) is 3.10. The molecule has 5 heteroatoms. The molecular formula is C16H18N2O3. The number of carbonyl (C=O) groups excluding carboxylic acids is 1. The Kier molecular flexibility index (Phi) is 4.42. The summed E-state index contributed by atoms with van der Waals surface area (Å²) in [6.45, 7) is 3.72. The van der Waals surface area contributed by atoms with Crippen LogP contribution in [0.15, 0.2) is 36.5 Å². The van der Waals surface area contributed by atoms with E-state index < -0.39 is 5.97 Å². The molecule has 5 nitrogen and oxygen atoms in total. The first-order valence-corrected chi connectivity index (χ1v) is 6.59. The van der Waals surface area contributed by atoms with Crippen molar-refractivity contribution in [3.8, 4) is 11.6 Å². The fraction of sp³-hybridized carbons (Fsp3) is 0.250. The van der Waals surface area contributed by atoms with E-state index in [1.807, 2.05) is 32.2 Å². The third kappa shape index (κ3) is 3.13. The van der Waals surface area contributed by atoms with E-state index >= 15 is 0 Å². The molecule has 0 bridgehead atoms. The van der Waals surface area contributed by atoms with Gasteiger partial charge in [0.1, 0.15) is 5.75 Å². The van der Waals surface area contributed by atoms with Gasteiger partial charge < -0.3 is 9.47 Å². The fourth-order valence-electron chi connectivity index (χ4n) is 2.11. The minimum absolute atomic E-state index is 0.391. The van der Waals surface area contributed by atoms with Gasteiger partial charge in [-0.1, -0.05) is 18.2 Å². The molecule has 0 spiro atoms. The Morgan fingerprint density at radius 2 is 2.10 bits per heavy atom. The second kappa shape index (κ2) is 6.26. The summed E-state index contributed by atoms with van der Waals surface area (Å²) in [5.74, 6) is 0.662. The first-order chi connectivity index (χ1) is 10.1. The molecule has 0 aliphatic heterocycles. The number of methoxy groups -OCH3 is 1. The molecule has 110 valence electrons. The number of rotatable bonds is 4. The molecule has 1 heterocycles. The maximum absolute atomic E-state index is 11.9. The first-order valence-electron chi connectivity index (χ1n) is 6.59. The second-order valence-corrected chi connectivity index (χ2v) is 4.57. The second-order valence-electron chi connectivity index (χ2n) is 4.57. The normalized spacial score (nSPS) is 11.3. The molecule has 0 radical (unpaired) electrons. The highest BCUT2D eigenvalue weighted by atomic mass is 16.5. The van der Waals surface area contributed by atoms with Gasteiger partial charge in [0.2, 0.25) is 5.88 Å². The Balaban J connectivity index is 2.47. The number of nitrogens with zero attached hydrogens (tertiary/aromatic N) is 2. The van der Waals surface area contributed by atoms with Crippen molar-refractivity contribution >= 4 is 11.5 Å². The number of aryl methyl sites for hydroxylation is 2. The number of ether oxygens (including phenoxy) is 2. The van der Waals surface area contributed by atoms with E-state index in [4.69, 9.17) is 9.47 Å². The van der Waals surface area contributed by atoms with Gasteiger partial charge in [-0.05, 0) is 25.5 Å². The number of esters is 1. The van der Waals surface area contributed by atoms with E-state index in [0.717, 1.165) is 11.1 Å². The third-order valence-corrected chi connectivity index (χ3v) is 3.10. The number of aromatic nitrogens is 2. The topological polar surface area (TPSA) is 53.4 Å². The largest absolute Gasteiger partial charge is 0.465 e. The fourth-order valence-corrected chi connectivity index (χ4v) is 2.11. The summed E-state index contributed by atoms with van der Waals surface area (Å²) < 4.78 is 12.3. The van der Waals surface area contributed by atoms with Crippen LogP contribution in [0.5, 0.6) is 11.6 Å². The van der Waals surface area contributed by atoms with Gasteiger partial charge in [-0.25, -0.2) is 4.79 Å². The molecule has 0 atom stereocenters. The van der Waals surface area contributed by atoms with Gasteiger partial charge in [0, 0.05) is 24.9 Å². The summed E-state index contributed by atoms with van der Waals surface area (Å²) in [5, 5.41) is 4.19. The highest BCUT2D eigenvalue weighted by Crippen LogP contribution is 2.32. The maximum Gasteiger partial charge on any atom is 0.338 e. The minimum atomic E-state index is -0.391. The van der Waals surface area contributed by atoms with E-state index in [2.05, 4.69) is 5.10 Å². The zero-order chi connectivity index (χ0) is 15.4. The standard InChI is InChI=1S/C16H18N2O3/c1-5-12(16(19)20-4)15-11(2)7-6-8-13(15)21-14-9-10-18(3)17-14/h5-10H,1-4H3/b12-5-. The summed E-state index contributed by atoms with van der Waals surface area (Å²) in [4.78, 5) is 11.9. The van der Waals surface area contributed by atoms with E-state index in [9.17, 15) is 4.79 Å². The van der Waals surface area contributed by atoms with Crippen molar-refractivity contribution in [3.63, 3.8) is 0 Å². The van der Waals surface area contributed by atoms with Gasteiger partial charge in [0.15, 0.2) is 0 Å². The average molecular weight is 286 g/mol. The lowest BCUT2D eigenvalue weighted by molar-refractivity contribution is -0.133. The molecule has 2 rings (SSSR count). The van der Waals surface area contributed by atoms with Crippen molar-refractivity contribution in [2.24, 2.45) is 7.05 Å². The molecule has 1 aromatic carbocycles. The molecular weight excluding hydrogens is 268 g/mol. The quantitative estimate of drug-likeness (QED) is 0.640. The van der Waals surface area contributed by atoms with Gasteiger partial charge in [0.25, 0.3) is 0 Å². The molecule has 0 aliphatic carbocycles. The lowest BCUT2D eigenvalue weighted by atomic mass is 9.99. The molecule has 0 saturated carbocycles. The predicted octanol–water partition coefficient (Wildman–Crippen LogP) is 3.10. The van der Waals surface area contributed by atoms with Gasteiger partial charge in [-0.3, -0.25) is 4.68 Å². The summed E-state index contributed by atoms with van der Waals surface area (Å²) in [6.07, 6.45) is 3.52. The zero-order valence-electron chi connectivity index (χ0n) is 12.6. The summed E-state index contributed by atoms with van der Waals surface area (Å²) in [5.41, 5.74) is 2.13. The Bertz CT molecular complexity index is 687. The highest BCUT2D eigenvalue weighted by Gasteiger charge is 2.19. The zero-order valence-corrected chi connectivity index (χ0v) is 12.6. The molecule has 0 amide bonds. The van der Waals surface area contributed by atoms with Crippen molar-refractivity contribution in [1.29, 1.82) is 0 Å². The van der Waals surface area contributed by atoms with Gasteiger partial charge >= 0.3 is 5.97 Å². The molecule has 21 heavy (non-hydrogen) atoms. The van der Waals surface area contributed by atoms with E-state index in [1.165, 1.54) is 7.11 Å². The average Bonchev–Trinajstić information content (AvgIpc) is 2.87. The van der Waals surface area contributed by atoms with Crippen LogP contribution in [0.4, 0.5) is 0 Å². The number of hydrogen-bond acceptors (Lipinski definition) is 4. The Morgan fingerprint density at radius 3 is 2.67 bits per heavy atom. The van der Waals surface area contributed by atoms with Crippen molar-refractivity contribution in [3.05, 3.63) is 47.7 Å². The van der Waals surface area contributed by atoms with Crippen LogP contribution in [0.25, 0.3) is 5.57 Å². The van der Waals surface area contributed by atoms with E-state index in [-0.39, 0.29) is 0 Å². The lowest BCUT2D eigenvalue weighted by Gasteiger charge is -2.14. The molecule has 0 saturated heterocycles. The monoisotopic (exact) mass is 286 g/mol. The molecule has 0 N–H and O–H groups in total. The van der Waals surface area contributed by atoms with E-state index in [0.29, 0.717) is 17.2 Å². The van der Waals surface area contributed by atoms with Crippen LogP contribution >= 0.6 is 0 Å². The van der Waals surface area contributed by atoms with Crippen molar-refractivity contribution < 1.29 is 14.3 Å². The lowest BCUT2D eigenvalue weighted by Crippen LogP contribution is -2.06. The van der Waals surface area contributed by atoms with Crippen LogP contribution < -0.4 is 4.74 Å². The number of hydrogen-bond donors (Lipinski definition) is 0. The SMILES string of the molecule is C/C=C(\C(=O)OC)c1c(C)cccc1Oc1ccn(C)n1. The molecule has 1 aromatic heterocycles. The number of allylic oxidation sites excluding steroid dienone is 1. The Labute approximate surface area is 123 Å². The van der Waals surface area contributed by atoms with Crippen LogP contribution in [0.1, 0.15) is 18.1 Å². The maximum atomic E-state index is 11.9. The Hall–Kier alpha value is -2.56. The van der Waals surface area contributed by atoms with Crippen molar-refractivity contribution in [2.45, 2.75) is 13.8 Å². The van der Waals surface area contributed by atoms with Crippen LogP contribution in [-0.4, -0.2) is 22.9 Å². The van der Waals surface area contributed by atoms with Crippen molar-refractivity contribution in [2.75, 3.05) is 7.11 Å². The predicted molar refractivity (Wildman–Crippen MR) is 80.1 cm³/mol. The van der Waals surface area contributed by atoms with Gasteiger partial charge in [0.05, 0.1) is 12.7 Å². The van der Waals surface area contributed by atoms with Crippen molar-refractivity contribution in [1.82, 2.24) is 9.78 Å². The highest BCUT2D eigenvalue weighted by molar-refractivity contribution is 6.17. The van der Waals surface area contributed by atoms with Crippen LogP contribution in [-0.2, 0) is 16.6 Å². The molecule has 2 aromatic rings. The summed E-state index contributed by atoms with van der Waals surface area (Å²) in [6, 6.07) is 7.37. The Morgan fingerprint density at radius 1 is 1.33 bits per heavy atom. The van der Waals surface area contributed by atoms with Crippen LogP contribution in [0.3, 0.4) is 0 Å². The summed E-state index contributed by atoms with van der Waals surface area (Å²) >= 11 is 0. The first kappa shape index (κ1) is 14.8. The minimum Gasteiger partial charge on any atom is -0.465 e. The van der Waals surface area contributed by atoms with Gasteiger partial charge in [-0.15, -0.1) is 5.10 Å². The number of benzene rings is 1. The molecule has 0 fully saturated rings. The van der Waals surface area contributed by atoms with Crippen LogP contribution in [0.2, 0.25) is 0 Å². The van der Waals surface area contributed by atoms with Crippen LogP contribution in [0, 0.1) is 6.92 Å². The van der Waals surface area contributed by atoms with E-state index in [1.54, 1.807) is 29.9 Å². The smallest absolute Gasteiger partial charge is 0.338 e.